The van der Waals surface area contributed by atoms with Crippen LogP contribution in [-0.4, -0.2) is 72.0 Å². The van der Waals surface area contributed by atoms with E-state index >= 15 is 0 Å². The molecule has 1 aliphatic rings. The van der Waals surface area contributed by atoms with Crippen LogP contribution in [0.4, 0.5) is 11.4 Å². The summed E-state index contributed by atoms with van der Waals surface area (Å²) < 4.78 is 1.43. The fourth-order valence-electron chi connectivity index (χ4n) is 4.35. The van der Waals surface area contributed by atoms with Gasteiger partial charge in [-0.1, -0.05) is 34.8 Å². The number of rotatable bonds is 6. The number of hydrogen-bond donors (Lipinski definition) is 0. The van der Waals surface area contributed by atoms with Gasteiger partial charge >= 0.3 is 11.2 Å². The topological polar surface area (TPSA) is 91.9 Å². The van der Waals surface area contributed by atoms with Crippen LogP contribution in [0.5, 0.6) is 0 Å². The standard InChI is InChI=1S/C24H24Cl3N5O4/c1-28(2)7-12-31-20-6-4-16(25)14-17(20)21(22(24(31)34)32(35)36)29-8-10-30(11-9-29)23(33)15-3-5-18(26)19(27)13-15/h3-6,13-14H,7-12H2,1-2H3. The van der Waals surface area contributed by atoms with Gasteiger partial charge in [-0.25, -0.2) is 0 Å². The molecule has 0 bridgehead atoms. The van der Waals surface area contributed by atoms with Crippen LogP contribution in [0.3, 0.4) is 0 Å². The van der Waals surface area contributed by atoms with Gasteiger partial charge in [-0.15, -0.1) is 0 Å². The molecule has 0 saturated carbocycles. The number of nitro groups is 1. The van der Waals surface area contributed by atoms with Gasteiger partial charge in [0.25, 0.3) is 5.91 Å². The fourth-order valence-corrected chi connectivity index (χ4v) is 4.82. The summed E-state index contributed by atoms with van der Waals surface area (Å²) in [6.07, 6.45) is 0. The second-order valence-electron chi connectivity index (χ2n) is 8.78. The molecule has 9 nitrogen and oxygen atoms in total. The molecule has 1 amide bonds. The summed E-state index contributed by atoms with van der Waals surface area (Å²) in [7, 11) is 3.73. The first-order valence-corrected chi connectivity index (χ1v) is 12.4. The average molecular weight is 553 g/mol. The minimum atomic E-state index is -0.666. The Kier molecular flexibility index (Phi) is 7.75. The van der Waals surface area contributed by atoms with Crippen molar-refractivity contribution in [3.63, 3.8) is 0 Å². The van der Waals surface area contributed by atoms with Crippen LogP contribution in [0.15, 0.2) is 41.2 Å². The number of carbonyl (C=O) groups excluding carboxylic acids is 1. The number of benzene rings is 2. The molecule has 1 fully saturated rings. The first-order valence-electron chi connectivity index (χ1n) is 11.2. The maximum absolute atomic E-state index is 13.4. The zero-order chi connectivity index (χ0) is 26.1. The molecule has 1 aliphatic heterocycles. The Labute approximate surface area is 222 Å². The molecule has 0 unspecified atom stereocenters. The van der Waals surface area contributed by atoms with Crippen molar-refractivity contribution in [3.05, 3.63) is 77.5 Å². The molecule has 1 aromatic heterocycles. The van der Waals surface area contributed by atoms with Crippen molar-refractivity contribution in [1.82, 2.24) is 14.4 Å². The van der Waals surface area contributed by atoms with Gasteiger partial charge in [-0.3, -0.25) is 19.7 Å². The Bertz CT molecular complexity index is 1400. The first-order chi connectivity index (χ1) is 17.1. The minimum Gasteiger partial charge on any atom is -0.362 e. The Morgan fingerprint density at radius 3 is 2.33 bits per heavy atom. The third-order valence-corrected chi connectivity index (χ3v) is 7.15. The van der Waals surface area contributed by atoms with E-state index < -0.39 is 16.2 Å². The summed E-state index contributed by atoms with van der Waals surface area (Å²) in [4.78, 5) is 43.2. The second-order valence-corrected chi connectivity index (χ2v) is 10.0. The number of halogens is 3. The zero-order valence-corrected chi connectivity index (χ0v) is 22.0. The molecule has 12 heteroatoms. The van der Waals surface area contributed by atoms with E-state index in [1.165, 1.54) is 10.6 Å². The highest BCUT2D eigenvalue weighted by Gasteiger charge is 2.32. The number of hydrogen-bond acceptors (Lipinski definition) is 6. The van der Waals surface area contributed by atoms with Crippen LogP contribution in [0.1, 0.15) is 10.4 Å². The van der Waals surface area contributed by atoms with Gasteiger partial charge in [0.2, 0.25) is 0 Å². The number of fused-ring (bicyclic) bond motifs is 1. The predicted molar refractivity (Wildman–Crippen MR) is 143 cm³/mol. The number of nitrogens with zero attached hydrogens (tertiary/aromatic N) is 5. The Morgan fingerprint density at radius 1 is 1.03 bits per heavy atom. The Balaban J connectivity index is 1.71. The number of pyridine rings is 1. The summed E-state index contributed by atoms with van der Waals surface area (Å²) >= 11 is 18.3. The Morgan fingerprint density at radius 2 is 1.72 bits per heavy atom. The summed E-state index contributed by atoms with van der Waals surface area (Å²) in [5.41, 5.74) is 0.0460. The van der Waals surface area contributed by atoms with Crippen molar-refractivity contribution < 1.29 is 9.72 Å². The van der Waals surface area contributed by atoms with Crippen LogP contribution < -0.4 is 10.5 Å². The normalized spacial score (nSPS) is 14.1. The predicted octanol–water partition coefficient (Wildman–Crippen LogP) is 4.39. The van der Waals surface area contributed by atoms with Crippen molar-refractivity contribution in [2.45, 2.75) is 6.54 Å². The van der Waals surface area contributed by atoms with Gasteiger partial charge in [0, 0.05) is 55.2 Å². The monoisotopic (exact) mass is 551 g/mol. The summed E-state index contributed by atoms with van der Waals surface area (Å²) in [5.74, 6) is -0.213. The zero-order valence-electron chi connectivity index (χ0n) is 19.7. The fraction of sp³-hybridized carbons (Fsp3) is 0.333. The van der Waals surface area contributed by atoms with Crippen molar-refractivity contribution in [3.8, 4) is 0 Å². The molecule has 2 heterocycles. The lowest BCUT2D eigenvalue weighted by molar-refractivity contribution is -0.385. The van der Waals surface area contributed by atoms with E-state index in [-0.39, 0.29) is 23.2 Å². The van der Waals surface area contributed by atoms with Crippen LogP contribution >= 0.6 is 34.8 Å². The molecule has 2 aromatic carbocycles. The van der Waals surface area contributed by atoms with Crippen molar-refractivity contribution in [2.75, 3.05) is 51.7 Å². The van der Waals surface area contributed by atoms with E-state index in [4.69, 9.17) is 34.8 Å². The average Bonchev–Trinajstić information content (AvgIpc) is 2.84. The summed E-state index contributed by atoms with van der Waals surface area (Å²) in [6, 6.07) is 9.73. The lowest BCUT2D eigenvalue weighted by atomic mass is 10.1. The number of anilines is 1. The molecule has 0 atom stereocenters. The van der Waals surface area contributed by atoms with Crippen molar-refractivity contribution in [2.24, 2.45) is 0 Å². The Hall–Kier alpha value is -2.85. The van der Waals surface area contributed by atoms with Crippen LogP contribution in [0.2, 0.25) is 15.1 Å². The molecule has 0 aliphatic carbocycles. The maximum atomic E-state index is 13.4. The molecular formula is C24H24Cl3N5O4. The molecule has 4 rings (SSSR count). The molecule has 0 spiro atoms. The van der Waals surface area contributed by atoms with E-state index in [2.05, 4.69) is 0 Å². The van der Waals surface area contributed by atoms with Crippen LogP contribution in [0.25, 0.3) is 10.9 Å². The maximum Gasteiger partial charge on any atom is 0.357 e. The van der Waals surface area contributed by atoms with Gasteiger partial charge in [0.15, 0.2) is 0 Å². The molecular weight excluding hydrogens is 529 g/mol. The van der Waals surface area contributed by atoms with E-state index in [9.17, 15) is 19.7 Å². The molecule has 3 aromatic rings. The molecule has 190 valence electrons. The lowest BCUT2D eigenvalue weighted by Crippen LogP contribution is -2.49. The second kappa shape index (κ2) is 10.6. The SMILES string of the molecule is CN(C)CCn1c(=O)c([N+](=O)[O-])c(N2CCN(C(=O)c3ccc(Cl)c(Cl)c3)CC2)c2cc(Cl)ccc21. The molecule has 0 radical (unpaired) electrons. The first kappa shape index (κ1) is 26.2. The van der Waals surface area contributed by atoms with Gasteiger partial charge < -0.3 is 19.3 Å². The van der Waals surface area contributed by atoms with E-state index in [0.717, 1.165) is 0 Å². The number of amides is 1. The van der Waals surface area contributed by atoms with E-state index in [0.29, 0.717) is 59.2 Å². The van der Waals surface area contributed by atoms with Gasteiger partial charge in [0.1, 0.15) is 5.69 Å². The van der Waals surface area contributed by atoms with Gasteiger partial charge in [0.05, 0.1) is 20.5 Å². The van der Waals surface area contributed by atoms with E-state index in [1.54, 1.807) is 40.1 Å². The lowest BCUT2D eigenvalue weighted by Gasteiger charge is -2.36. The van der Waals surface area contributed by atoms with Crippen molar-refractivity contribution in [1.29, 1.82) is 0 Å². The number of piperazine rings is 1. The van der Waals surface area contributed by atoms with Crippen LogP contribution in [0, 0.1) is 10.1 Å². The molecule has 36 heavy (non-hydrogen) atoms. The van der Waals surface area contributed by atoms with E-state index in [1.807, 2.05) is 19.0 Å². The highest BCUT2D eigenvalue weighted by molar-refractivity contribution is 6.42. The highest BCUT2D eigenvalue weighted by Crippen LogP contribution is 2.36. The third-order valence-electron chi connectivity index (χ3n) is 6.18. The van der Waals surface area contributed by atoms with Crippen LogP contribution in [-0.2, 0) is 6.54 Å². The third kappa shape index (κ3) is 5.15. The number of likely N-dealkylation sites (N-methyl/N-ethyl adjacent to an activating group) is 1. The largest absolute Gasteiger partial charge is 0.362 e. The smallest absolute Gasteiger partial charge is 0.357 e. The quantitative estimate of drug-likeness (QED) is 0.333. The van der Waals surface area contributed by atoms with Crippen molar-refractivity contribution >= 4 is 63.0 Å². The number of carbonyl (C=O) groups is 1. The van der Waals surface area contributed by atoms with Gasteiger partial charge in [-0.2, -0.15) is 0 Å². The summed E-state index contributed by atoms with van der Waals surface area (Å²) in [5, 5.41) is 13.7. The highest BCUT2D eigenvalue weighted by atomic mass is 35.5. The van der Waals surface area contributed by atoms with Gasteiger partial charge in [-0.05, 0) is 50.5 Å². The number of aromatic nitrogens is 1. The molecule has 1 saturated heterocycles. The summed E-state index contributed by atoms with van der Waals surface area (Å²) in [6.45, 7) is 2.04. The molecule has 0 N–H and O–H groups in total. The minimum absolute atomic E-state index is 0.213.